The van der Waals surface area contributed by atoms with Gasteiger partial charge in [-0.1, -0.05) is 0 Å². The van der Waals surface area contributed by atoms with Crippen molar-refractivity contribution in [2.45, 2.75) is 6.92 Å². The lowest BCUT2D eigenvalue weighted by molar-refractivity contribution is 0.0518. The number of carbonyl (C=O) groups is 1. The molecule has 2 rings (SSSR count). The number of hydrogen-bond donors (Lipinski definition) is 0. The highest BCUT2D eigenvalue weighted by atomic mass is 16.5. The van der Waals surface area contributed by atoms with Crippen LogP contribution in [0.1, 0.15) is 17.4 Å². The molecule has 0 aliphatic carbocycles. The van der Waals surface area contributed by atoms with Gasteiger partial charge in [-0.3, -0.25) is 4.40 Å². The summed E-state index contributed by atoms with van der Waals surface area (Å²) in [4.78, 5) is 18.0. The van der Waals surface area contributed by atoms with Crippen molar-refractivity contribution in [1.82, 2.24) is 14.3 Å². The average Bonchev–Trinajstić information content (AvgIpc) is 2.81. The first kappa shape index (κ1) is 14.3. The fourth-order valence-corrected chi connectivity index (χ4v) is 1.75. The topological polar surface area (TPSA) is 56.1 Å². The van der Waals surface area contributed by atoms with Gasteiger partial charge >= 0.3 is 5.97 Å². The van der Waals surface area contributed by atoms with E-state index >= 15 is 0 Å². The van der Waals surface area contributed by atoms with Gasteiger partial charge in [0.15, 0.2) is 5.69 Å². The van der Waals surface area contributed by atoms with E-state index in [-0.39, 0.29) is 5.97 Å². The maximum absolute atomic E-state index is 11.7. The molecule has 6 heteroatoms. The number of carbonyl (C=O) groups excluding carboxylic acids is 1. The molecule has 6 nitrogen and oxygen atoms in total. The van der Waals surface area contributed by atoms with Crippen molar-refractivity contribution in [2.75, 3.05) is 33.9 Å². The third-order valence-electron chi connectivity index (χ3n) is 2.78. The summed E-state index contributed by atoms with van der Waals surface area (Å²) in [7, 11) is 3.99. The average molecular weight is 277 g/mol. The summed E-state index contributed by atoms with van der Waals surface area (Å²) in [5.41, 5.74) is 1.08. The second-order valence-electron chi connectivity index (χ2n) is 4.61. The van der Waals surface area contributed by atoms with Crippen LogP contribution in [0, 0.1) is 0 Å². The van der Waals surface area contributed by atoms with Crippen molar-refractivity contribution < 1.29 is 14.3 Å². The Bertz CT molecular complexity index is 592. The molecule has 0 amide bonds. The van der Waals surface area contributed by atoms with Crippen molar-refractivity contribution in [3.63, 3.8) is 0 Å². The van der Waals surface area contributed by atoms with E-state index < -0.39 is 0 Å². The predicted molar refractivity (Wildman–Crippen MR) is 75.2 cm³/mol. The molecule has 0 saturated carbocycles. The third-order valence-corrected chi connectivity index (χ3v) is 2.78. The molecule has 0 atom stereocenters. The quantitative estimate of drug-likeness (QED) is 0.748. The molecule has 0 saturated heterocycles. The Morgan fingerprint density at radius 1 is 1.45 bits per heavy atom. The number of ether oxygens (including phenoxy) is 2. The normalized spacial score (nSPS) is 11.0. The molecule has 2 aromatic heterocycles. The van der Waals surface area contributed by atoms with Crippen molar-refractivity contribution in [3.05, 3.63) is 30.2 Å². The van der Waals surface area contributed by atoms with Crippen LogP contribution in [0.15, 0.2) is 24.5 Å². The van der Waals surface area contributed by atoms with Crippen molar-refractivity contribution in [3.8, 4) is 5.75 Å². The number of esters is 1. The Labute approximate surface area is 117 Å². The third kappa shape index (κ3) is 3.27. The van der Waals surface area contributed by atoms with Gasteiger partial charge in [-0.05, 0) is 27.1 Å². The lowest BCUT2D eigenvalue weighted by atomic mass is 10.4. The molecular formula is C14H19N3O3. The second kappa shape index (κ2) is 6.38. The number of rotatable bonds is 6. The van der Waals surface area contributed by atoms with Crippen LogP contribution in [0.25, 0.3) is 5.65 Å². The summed E-state index contributed by atoms with van der Waals surface area (Å²) in [6, 6.07) is 3.62. The first-order chi connectivity index (χ1) is 9.61. The zero-order valence-corrected chi connectivity index (χ0v) is 12.0. The van der Waals surface area contributed by atoms with Crippen LogP contribution >= 0.6 is 0 Å². The van der Waals surface area contributed by atoms with Crippen LogP contribution < -0.4 is 4.74 Å². The SMILES string of the molecule is CCOC(=O)c1cnc2cc(OCCN(C)C)ccn12. The zero-order chi connectivity index (χ0) is 14.5. The highest BCUT2D eigenvalue weighted by Gasteiger charge is 2.13. The van der Waals surface area contributed by atoms with Gasteiger partial charge in [-0.15, -0.1) is 0 Å². The molecule has 2 heterocycles. The Balaban J connectivity index is 2.13. The highest BCUT2D eigenvalue weighted by molar-refractivity contribution is 5.88. The largest absolute Gasteiger partial charge is 0.492 e. The molecular weight excluding hydrogens is 258 g/mol. The van der Waals surface area contributed by atoms with Gasteiger partial charge in [-0.25, -0.2) is 9.78 Å². The number of aromatic nitrogens is 2. The lowest BCUT2D eigenvalue weighted by Crippen LogP contribution is -2.19. The van der Waals surface area contributed by atoms with E-state index in [0.717, 1.165) is 12.3 Å². The summed E-state index contributed by atoms with van der Waals surface area (Å²) in [6.45, 7) is 3.57. The molecule has 0 aliphatic rings. The second-order valence-corrected chi connectivity index (χ2v) is 4.61. The summed E-state index contributed by atoms with van der Waals surface area (Å²) < 4.78 is 12.3. The van der Waals surface area contributed by atoms with E-state index in [1.807, 2.05) is 25.1 Å². The standard InChI is InChI=1S/C14H19N3O3/c1-4-19-14(18)12-10-15-13-9-11(5-6-17(12)13)20-8-7-16(2)3/h5-6,9-10H,4,7-8H2,1-3H3. The van der Waals surface area contributed by atoms with Crippen LogP contribution in [-0.2, 0) is 4.74 Å². The fourth-order valence-electron chi connectivity index (χ4n) is 1.75. The number of fused-ring (bicyclic) bond motifs is 1. The maximum atomic E-state index is 11.7. The summed E-state index contributed by atoms with van der Waals surface area (Å²) in [6.07, 6.45) is 3.27. The Morgan fingerprint density at radius 2 is 2.25 bits per heavy atom. The van der Waals surface area contributed by atoms with E-state index in [1.165, 1.54) is 6.20 Å². The van der Waals surface area contributed by atoms with Crippen molar-refractivity contribution in [1.29, 1.82) is 0 Å². The number of hydrogen-bond acceptors (Lipinski definition) is 5. The molecule has 0 spiro atoms. The van der Waals surface area contributed by atoms with E-state index in [0.29, 0.717) is 24.6 Å². The highest BCUT2D eigenvalue weighted by Crippen LogP contribution is 2.16. The minimum atomic E-state index is -0.374. The van der Waals surface area contributed by atoms with E-state index in [2.05, 4.69) is 4.98 Å². The Hall–Kier alpha value is -2.08. The van der Waals surface area contributed by atoms with Crippen LogP contribution in [0.2, 0.25) is 0 Å². The first-order valence-electron chi connectivity index (χ1n) is 6.53. The fraction of sp³-hybridized carbons (Fsp3) is 0.429. The Kier molecular flexibility index (Phi) is 4.57. The Morgan fingerprint density at radius 3 is 2.95 bits per heavy atom. The molecule has 2 aromatic rings. The summed E-state index contributed by atoms with van der Waals surface area (Å²) >= 11 is 0. The molecule has 0 N–H and O–H groups in total. The minimum absolute atomic E-state index is 0.345. The van der Waals surface area contributed by atoms with Crippen LogP contribution in [0.3, 0.4) is 0 Å². The van der Waals surface area contributed by atoms with Gasteiger partial charge in [0.1, 0.15) is 18.0 Å². The summed E-state index contributed by atoms with van der Waals surface area (Å²) in [5, 5.41) is 0. The number of imidazole rings is 1. The van der Waals surface area contributed by atoms with Gasteiger partial charge in [0.25, 0.3) is 0 Å². The number of pyridine rings is 1. The molecule has 20 heavy (non-hydrogen) atoms. The molecule has 108 valence electrons. The van der Waals surface area contributed by atoms with Gasteiger partial charge in [-0.2, -0.15) is 0 Å². The molecule has 0 aliphatic heterocycles. The van der Waals surface area contributed by atoms with Gasteiger partial charge in [0.2, 0.25) is 0 Å². The molecule has 0 bridgehead atoms. The first-order valence-corrected chi connectivity index (χ1v) is 6.53. The van der Waals surface area contributed by atoms with Crippen molar-refractivity contribution >= 4 is 11.6 Å². The van der Waals surface area contributed by atoms with Crippen molar-refractivity contribution in [2.24, 2.45) is 0 Å². The predicted octanol–water partition coefficient (Wildman–Crippen LogP) is 1.45. The van der Waals surface area contributed by atoms with Gasteiger partial charge in [0, 0.05) is 18.8 Å². The smallest absolute Gasteiger partial charge is 0.356 e. The van der Waals surface area contributed by atoms with E-state index in [9.17, 15) is 4.79 Å². The lowest BCUT2D eigenvalue weighted by Gasteiger charge is -2.11. The van der Waals surface area contributed by atoms with Crippen LogP contribution in [0.4, 0.5) is 0 Å². The summed E-state index contributed by atoms with van der Waals surface area (Å²) in [5.74, 6) is 0.363. The molecule has 0 unspecified atom stereocenters. The molecule has 0 radical (unpaired) electrons. The zero-order valence-electron chi connectivity index (χ0n) is 12.0. The number of nitrogens with zero attached hydrogens (tertiary/aromatic N) is 3. The molecule has 0 fully saturated rings. The van der Waals surface area contributed by atoms with E-state index in [1.54, 1.807) is 23.6 Å². The number of likely N-dealkylation sites (N-methyl/N-ethyl adjacent to an activating group) is 1. The minimum Gasteiger partial charge on any atom is -0.492 e. The monoisotopic (exact) mass is 277 g/mol. The maximum Gasteiger partial charge on any atom is 0.356 e. The van der Waals surface area contributed by atoms with Gasteiger partial charge in [0.05, 0.1) is 12.8 Å². The molecule has 0 aromatic carbocycles. The van der Waals surface area contributed by atoms with Gasteiger partial charge < -0.3 is 14.4 Å². The van der Waals surface area contributed by atoms with E-state index in [4.69, 9.17) is 9.47 Å². The van der Waals surface area contributed by atoms with Crippen LogP contribution in [-0.4, -0.2) is 54.1 Å². The van der Waals surface area contributed by atoms with Crippen LogP contribution in [0.5, 0.6) is 5.75 Å².